The molecule has 0 bridgehead atoms. The maximum absolute atomic E-state index is 13.1. The first-order valence-electron chi connectivity index (χ1n) is 11.7. The molecule has 1 heterocycles. The van der Waals surface area contributed by atoms with Gasteiger partial charge in [0, 0.05) is 0 Å². The highest BCUT2D eigenvalue weighted by Gasteiger charge is 2.48. The molecule has 5 heteroatoms. The zero-order chi connectivity index (χ0) is 24.5. The monoisotopic (exact) mass is 465 g/mol. The van der Waals surface area contributed by atoms with Gasteiger partial charge in [-0.2, -0.15) is 0 Å². The lowest BCUT2D eigenvalue weighted by molar-refractivity contribution is -0.0610. The zero-order valence-electron chi connectivity index (χ0n) is 21.4. The molecule has 0 aromatic heterocycles. The quantitative estimate of drug-likeness (QED) is 0.558. The number of nitrogens with zero attached hydrogens (tertiary/aromatic N) is 1. The SMILES string of the molecule is CC(C)(C)OC(=O)N1[C@H](/C=C/[Si](c2ccccc2)(c2ccccc2)C(C)(C)C)COC1(C)C. The van der Waals surface area contributed by atoms with Gasteiger partial charge in [0.15, 0.2) is 0 Å². The second kappa shape index (κ2) is 9.11. The summed E-state index contributed by atoms with van der Waals surface area (Å²) < 4.78 is 11.8. The molecule has 0 N–H and O–H groups in total. The third kappa shape index (κ3) is 5.25. The number of carbonyl (C=O) groups excluding carboxylic acids is 1. The molecule has 3 rings (SSSR count). The van der Waals surface area contributed by atoms with E-state index in [2.05, 4.69) is 93.2 Å². The fourth-order valence-corrected chi connectivity index (χ4v) is 9.67. The van der Waals surface area contributed by atoms with E-state index in [1.165, 1.54) is 10.4 Å². The normalized spacial score (nSPS) is 19.2. The molecule has 2 aromatic rings. The summed E-state index contributed by atoms with van der Waals surface area (Å²) in [7, 11) is -2.39. The number of carbonyl (C=O) groups is 1. The van der Waals surface area contributed by atoms with Crippen LogP contribution < -0.4 is 10.4 Å². The van der Waals surface area contributed by atoms with Crippen molar-refractivity contribution in [1.82, 2.24) is 4.90 Å². The molecule has 2 aromatic carbocycles. The Morgan fingerprint density at radius 1 is 0.970 bits per heavy atom. The number of hydrogen-bond acceptors (Lipinski definition) is 3. The second-order valence-corrected chi connectivity index (χ2v) is 15.9. The van der Waals surface area contributed by atoms with E-state index in [4.69, 9.17) is 9.47 Å². The van der Waals surface area contributed by atoms with Crippen molar-refractivity contribution in [3.8, 4) is 0 Å². The molecule has 4 nitrogen and oxygen atoms in total. The van der Waals surface area contributed by atoms with E-state index >= 15 is 0 Å². The first-order valence-corrected chi connectivity index (χ1v) is 13.8. The zero-order valence-corrected chi connectivity index (χ0v) is 22.4. The van der Waals surface area contributed by atoms with Gasteiger partial charge in [-0.15, -0.1) is 0 Å². The van der Waals surface area contributed by atoms with Crippen LogP contribution >= 0.6 is 0 Å². The van der Waals surface area contributed by atoms with E-state index in [0.717, 1.165) is 0 Å². The molecular formula is C28H39NO3Si. The molecule has 178 valence electrons. The van der Waals surface area contributed by atoms with Gasteiger partial charge in [-0.05, 0) is 50.0 Å². The lowest BCUT2D eigenvalue weighted by Crippen LogP contribution is -2.63. The van der Waals surface area contributed by atoms with Crippen molar-refractivity contribution in [2.75, 3.05) is 6.61 Å². The van der Waals surface area contributed by atoms with Gasteiger partial charge in [0.05, 0.1) is 12.6 Å². The number of ether oxygens (including phenoxy) is 2. The van der Waals surface area contributed by atoms with Crippen LogP contribution in [-0.2, 0) is 9.47 Å². The smallest absolute Gasteiger partial charge is 0.413 e. The van der Waals surface area contributed by atoms with Crippen LogP contribution in [0.4, 0.5) is 4.79 Å². The Morgan fingerprint density at radius 3 is 1.88 bits per heavy atom. The summed E-state index contributed by atoms with van der Waals surface area (Å²) in [5.74, 6) is 0. The summed E-state index contributed by atoms with van der Waals surface area (Å²) in [4.78, 5) is 14.9. The summed E-state index contributed by atoms with van der Waals surface area (Å²) in [6.07, 6.45) is 1.85. The van der Waals surface area contributed by atoms with Gasteiger partial charge in [0.1, 0.15) is 19.4 Å². The van der Waals surface area contributed by atoms with Gasteiger partial charge in [-0.3, -0.25) is 4.90 Å². The maximum atomic E-state index is 13.1. The molecule has 0 unspecified atom stereocenters. The van der Waals surface area contributed by atoms with E-state index in [1.807, 2.05) is 34.6 Å². The summed E-state index contributed by atoms with van der Waals surface area (Å²) >= 11 is 0. The van der Waals surface area contributed by atoms with Gasteiger partial charge >= 0.3 is 6.09 Å². The van der Waals surface area contributed by atoms with Crippen molar-refractivity contribution >= 4 is 24.5 Å². The topological polar surface area (TPSA) is 38.8 Å². The van der Waals surface area contributed by atoms with Crippen molar-refractivity contribution in [3.63, 3.8) is 0 Å². The van der Waals surface area contributed by atoms with Crippen molar-refractivity contribution in [2.24, 2.45) is 0 Å². The Hall–Kier alpha value is -2.37. The minimum absolute atomic E-state index is 0.00205. The van der Waals surface area contributed by atoms with Crippen molar-refractivity contribution in [1.29, 1.82) is 0 Å². The Labute approximate surface area is 200 Å². The highest BCUT2D eigenvalue weighted by molar-refractivity contribution is 7.07. The molecule has 1 fully saturated rings. The van der Waals surface area contributed by atoms with Crippen LogP contribution in [0, 0.1) is 0 Å². The van der Waals surface area contributed by atoms with Crippen LogP contribution in [0.1, 0.15) is 55.4 Å². The Morgan fingerprint density at radius 2 is 1.45 bits per heavy atom. The second-order valence-electron chi connectivity index (χ2n) is 11.3. The van der Waals surface area contributed by atoms with E-state index in [-0.39, 0.29) is 17.2 Å². The van der Waals surface area contributed by atoms with Crippen LogP contribution in [0.3, 0.4) is 0 Å². The van der Waals surface area contributed by atoms with E-state index < -0.39 is 19.4 Å². The van der Waals surface area contributed by atoms with Gasteiger partial charge in [-0.25, -0.2) is 4.79 Å². The van der Waals surface area contributed by atoms with Crippen LogP contribution in [0.2, 0.25) is 5.04 Å². The predicted molar refractivity (Wildman–Crippen MR) is 139 cm³/mol. The molecular weight excluding hydrogens is 426 g/mol. The summed E-state index contributed by atoms with van der Waals surface area (Å²) in [6, 6.07) is 21.4. The van der Waals surface area contributed by atoms with Crippen molar-refractivity contribution < 1.29 is 14.3 Å². The Kier molecular flexibility index (Phi) is 6.97. The highest BCUT2D eigenvalue weighted by atomic mass is 28.3. The molecule has 1 aliphatic heterocycles. The highest BCUT2D eigenvalue weighted by Crippen LogP contribution is 2.38. The van der Waals surface area contributed by atoms with Gasteiger partial charge in [0.2, 0.25) is 0 Å². The number of amides is 1. The Bertz CT molecular complexity index is 932. The minimum atomic E-state index is -2.39. The lowest BCUT2D eigenvalue weighted by atomic mass is 10.2. The van der Waals surface area contributed by atoms with Crippen molar-refractivity contribution in [3.05, 3.63) is 72.4 Å². The third-order valence-corrected chi connectivity index (χ3v) is 11.9. The predicted octanol–water partition coefficient (Wildman–Crippen LogP) is 5.52. The molecule has 0 radical (unpaired) electrons. The fraction of sp³-hybridized carbons (Fsp3) is 0.464. The van der Waals surface area contributed by atoms with Gasteiger partial charge in [-0.1, -0.05) is 93.2 Å². The molecule has 33 heavy (non-hydrogen) atoms. The first-order chi connectivity index (χ1) is 15.3. The standard InChI is InChI=1S/C28H39NO3Si/c1-26(2,3)32-25(30)29-22(21-31-28(29,7)8)19-20-33(27(4,5)6,23-15-11-9-12-16-23)24-17-13-10-14-18-24/h9-20,22H,21H2,1-8H3/b20-19+/t22-/m1/s1. The van der Waals surface area contributed by atoms with E-state index in [1.54, 1.807) is 4.90 Å². The summed E-state index contributed by atoms with van der Waals surface area (Å²) in [5, 5.41) is 2.70. The molecule has 0 spiro atoms. The van der Waals surface area contributed by atoms with Gasteiger partial charge in [0.25, 0.3) is 0 Å². The lowest BCUT2D eigenvalue weighted by Gasteiger charge is -2.42. The molecule has 1 amide bonds. The largest absolute Gasteiger partial charge is 0.444 e. The molecule has 1 atom stereocenters. The summed E-state index contributed by atoms with van der Waals surface area (Å²) in [5.41, 5.74) is 1.11. The van der Waals surface area contributed by atoms with Crippen LogP contribution in [0.15, 0.2) is 72.4 Å². The maximum Gasteiger partial charge on any atom is 0.413 e. The summed E-state index contributed by atoms with van der Waals surface area (Å²) in [6.45, 7) is 16.9. The molecule has 0 saturated carbocycles. The number of rotatable bonds is 4. The number of hydrogen-bond donors (Lipinski definition) is 0. The van der Waals surface area contributed by atoms with E-state index in [9.17, 15) is 4.79 Å². The molecule has 1 aliphatic rings. The number of benzene rings is 2. The first kappa shape index (κ1) is 25.3. The van der Waals surface area contributed by atoms with E-state index in [0.29, 0.717) is 6.61 Å². The molecule has 0 aliphatic carbocycles. The van der Waals surface area contributed by atoms with Crippen LogP contribution in [0.5, 0.6) is 0 Å². The van der Waals surface area contributed by atoms with Gasteiger partial charge < -0.3 is 9.47 Å². The Balaban J connectivity index is 2.11. The average Bonchev–Trinajstić information content (AvgIpc) is 3.02. The van der Waals surface area contributed by atoms with Crippen LogP contribution in [-0.4, -0.2) is 43.0 Å². The molecule has 1 saturated heterocycles. The minimum Gasteiger partial charge on any atom is -0.444 e. The van der Waals surface area contributed by atoms with Crippen LogP contribution in [0.25, 0.3) is 0 Å². The van der Waals surface area contributed by atoms with Crippen molar-refractivity contribution in [2.45, 2.75) is 77.8 Å². The fourth-order valence-electron chi connectivity index (χ4n) is 4.77. The third-order valence-electron chi connectivity index (χ3n) is 6.32. The average molecular weight is 466 g/mol.